The minimum atomic E-state index is -4.46. The molecule has 1 aliphatic heterocycles. The number of aliphatic hydroxyl groups excluding tert-OH is 1. The second-order valence-electron chi connectivity index (χ2n) is 7.56. The maximum Gasteiger partial charge on any atom is 0.411 e. The van der Waals surface area contributed by atoms with Gasteiger partial charge in [0.05, 0.1) is 24.9 Å². The number of halogens is 3. The van der Waals surface area contributed by atoms with Crippen molar-refractivity contribution in [3.8, 4) is 0 Å². The predicted molar refractivity (Wildman–Crippen MR) is 105 cm³/mol. The van der Waals surface area contributed by atoms with Crippen LogP contribution < -0.4 is 15.5 Å². The van der Waals surface area contributed by atoms with Crippen LogP contribution in [-0.2, 0) is 23.3 Å². The molecule has 0 saturated carbocycles. The fraction of sp³-hybridized carbons (Fsp3) is 0.647. The molecule has 2 amide bonds. The van der Waals surface area contributed by atoms with E-state index in [0.29, 0.717) is 24.6 Å². The van der Waals surface area contributed by atoms with Gasteiger partial charge in [-0.05, 0) is 20.8 Å². The average Bonchev–Trinajstić information content (AvgIpc) is 3.32. The molecule has 0 saturated heterocycles. The smallest absolute Gasteiger partial charge is 0.394 e. The number of amides is 2. The van der Waals surface area contributed by atoms with Crippen LogP contribution in [0.1, 0.15) is 37.2 Å². The average molecular weight is 464 g/mol. The summed E-state index contributed by atoms with van der Waals surface area (Å²) in [6.07, 6.45) is -3.90. The lowest BCUT2D eigenvalue weighted by Crippen LogP contribution is -2.38. The Morgan fingerprint density at radius 2 is 2.13 bits per heavy atom. The first-order valence-electron chi connectivity index (χ1n) is 9.43. The highest BCUT2D eigenvalue weighted by atomic mass is 32.1. The Kier molecular flexibility index (Phi) is 6.71. The first-order valence-corrected chi connectivity index (χ1v) is 10.3. The fourth-order valence-electron chi connectivity index (χ4n) is 2.73. The van der Waals surface area contributed by atoms with Crippen molar-refractivity contribution in [2.75, 3.05) is 30.0 Å². The number of hydrogen-bond donors (Lipinski definition) is 3. The number of aliphatic hydroxyl groups is 1. The summed E-state index contributed by atoms with van der Waals surface area (Å²) in [4.78, 5) is 23.2. The normalized spacial score (nSPS) is 15.5. The Balaban J connectivity index is 1.64. The lowest BCUT2D eigenvalue weighted by Gasteiger charge is -2.24. The highest BCUT2D eigenvalue weighted by Crippen LogP contribution is 2.32. The van der Waals surface area contributed by atoms with Gasteiger partial charge in [0.2, 0.25) is 5.82 Å². The lowest BCUT2D eigenvalue weighted by atomic mass is 10.1. The highest BCUT2D eigenvalue weighted by molar-refractivity contribution is 7.15. The van der Waals surface area contributed by atoms with Crippen LogP contribution in [0.4, 0.5) is 29.1 Å². The molecule has 0 aromatic carbocycles. The van der Waals surface area contributed by atoms with E-state index in [1.807, 2.05) is 0 Å². The zero-order valence-corrected chi connectivity index (χ0v) is 17.9. The van der Waals surface area contributed by atoms with Gasteiger partial charge in [0, 0.05) is 17.8 Å². The number of nitrogens with one attached hydrogen (secondary N) is 2. The summed E-state index contributed by atoms with van der Waals surface area (Å²) in [5, 5.41) is 18.4. The van der Waals surface area contributed by atoms with Gasteiger partial charge in [0.1, 0.15) is 12.2 Å². The molecular formula is C17H23F3N6O4S. The number of thiazole rings is 1. The quantitative estimate of drug-likeness (QED) is 0.570. The number of ether oxygens (including phenoxy) is 1. The second kappa shape index (κ2) is 8.96. The maximum atomic E-state index is 12.5. The number of alkyl halides is 3. The van der Waals surface area contributed by atoms with Gasteiger partial charge in [0.15, 0.2) is 5.13 Å². The number of rotatable bonds is 7. The van der Waals surface area contributed by atoms with Crippen molar-refractivity contribution in [3.05, 3.63) is 16.4 Å². The minimum Gasteiger partial charge on any atom is -0.394 e. The number of fused-ring (bicyclic) bond motifs is 1. The molecule has 1 aliphatic rings. The van der Waals surface area contributed by atoms with E-state index in [2.05, 4.69) is 25.8 Å². The van der Waals surface area contributed by atoms with E-state index >= 15 is 0 Å². The topological polar surface area (TPSA) is 126 Å². The summed E-state index contributed by atoms with van der Waals surface area (Å²) in [6, 6.07) is -0.685. The molecule has 3 heterocycles. The Bertz CT molecular complexity index is 916. The van der Waals surface area contributed by atoms with E-state index in [1.165, 1.54) is 25.2 Å². The fourth-order valence-corrected chi connectivity index (χ4v) is 3.75. The van der Waals surface area contributed by atoms with Crippen LogP contribution in [0.3, 0.4) is 0 Å². The number of anilines is 2. The van der Waals surface area contributed by atoms with E-state index in [1.54, 1.807) is 11.8 Å². The molecule has 0 radical (unpaired) electrons. The molecule has 14 heteroatoms. The summed E-state index contributed by atoms with van der Waals surface area (Å²) in [7, 11) is 0. The minimum absolute atomic E-state index is 0.0129. The van der Waals surface area contributed by atoms with Crippen molar-refractivity contribution >= 4 is 28.5 Å². The van der Waals surface area contributed by atoms with Crippen LogP contribution in [-0.4, -0.2) is 58.2 Å². The van der Waals surface area contributed by atoms with Gasteiger partial charge in [-0.25, -0.2) is 9.78 Å². The van der Waals surface area contributed by atoms with Gasteiger partial charge in [-0.2, -0.15) is 18.2 Å². The third-order valence-corrected chi connectivity index (χ3v) is 5.42. The first-order chi connectivity index (χ1) is 14.5. The summed E-state index contributed by atoms with van der Waals surface area (Å²) in [6.45, 7) is 3.85. The highest BCUT2D eigenvalue weighted by Gasteiger charge is 2.36. The van der Waals surface area contributed by atoms with Gasteiger partial charge in [-0.1, -0.05) is 16.5 Å². The van der Waals surface area contributed by atoms with Gasteiger partial charge in [-0.3, -0.25) is 5.32 Å². The maximum absolute atomic E-state index is 12.5. The van der Waals surface area contributed by atoms with Crippen molar-refractivity contribution in [1.29, 1.82) is 0 Å². The van der Waals surface area contributed by atoms with Crippen molar-refractivity contribution in [1.82, 2.24) is 20.4 Å². The zero-order chi connectivity index (χ0) is 22.8. The van der Waals surface area contributed by atoms with E-state index in [9.17, 15) is 18.0 Å². The van der Waals surface area contributed by atoms with Gasteiger partial charge < -0.3 is 24.6 Å². The number of urea groups is 1. The molecule has 0 aliphatic carbocycles. The van der Waals surface area contributed by atoms with Crippen molar-refractivity contribution in [3.63, 3.8) is 0 Å². The second-order valence-corrected chi connectivity index (χ2v) is 8.64. The number of aromatic nitrogens is 3. The van der Waals surface area contributed by atoms with Gasteiger partial charge in [0.25, 0.3) is 0 Å². The van der Waals surface area contributed by atoms with Crippen molar-refractivity contribution in [2.24, 2.45) is 0 Å². The standard InChI is InChI=1S/C17H23F3N6O4S/c1-9(7-27)21-13(28)24-14-22-10-4-5-26(6-11(10)31-14)15-23-12(25-30-15)16(2,3)29-8-17(18,19)20/h9,27H,4-8H2,1-3H3,(H2,21,22,24,28)/t9-/m1/s1. The lowest BCUT2D eigenvalue weighted by molar-refractivity contribution is -0.203. The molecule has 10 nitrogen and oxygen atoms in total. The summed E-state index contributed by atoms with van der Waals surface area (Å²) in [5.74, 6) is 0.0129. The Morgan fingerprint density at radius 3 is 2.81 bits per heavy atom. The Hall–Kier alpha value is -2.45. The molecule has 3 N–H and O–H groups in total. The molecule has 3 rings (SSSR count). The largest absolute Gasteiger partial charge is 0.411 e. The Labute approximate surface area is 179 Å². The van der Waals surface area contributed by atoms with Crippen LogP contribution in [0.25, 0.3) is 0 Å². The molecule has 2 aromatic rings. The molecule has 0 fully saturated rings. The van der Waals surface area contributed by atoms with Crippen LogP contribution >= 0.6 is 11.3 Å². The van der Waals surface area contributed by atoms with Crippen molar-refractivity contribution < 1.29 is 32.3 Å². The van der Waals surface area contributed by atoms with E-state index in [-0.39, 0.29) is 24.5 Å². The van der Waals surface area contributed by atoms with Crippen molar-refractivity contribution in [2.45, 2.75) is 51.6 Å². The molecule has 2 aromatic heterocycles. The molecule has 0 bridgehead atoms. The first kappa shape index (κ1) is 23.2. The molecule has 172 valence electrons. The SMILES string of the molecule is C[C@H](CO)NC(=O)Nc1nc2c(s1)CN(c1nc(C(C)(C)OCC(F)(F)F)no1)CC2. The number of carbonyl (C=O) groups excluding carboxylic acids is 1. The zero-order valence-electron chi connectivity index (χ0n) is 17.1. The van der Waals surface area contributed by atoms with Gasteiger partial charge in [-0.15, -0.1) is 0 Å². The molecule has 0 unspecified atom stereocenters. The summed E-state index contributed by atoms with van der Waals surface area (Å²) < 4.78 is 47.5. The monoisotopic (exact) mass is 464 g/mol. The number of hydrogen-bond acceptors (Lipinski definition) is 9. The molecule has 1 atom stereocenters. The van der Waals surface area contributed by atoms with Crippen LogP contribution in [0.2, 0.25) is 0 Å². The molecular weight excluding hydrogens is 441 g/mol. The number of carbonyl (C=O) groups is 1. The third-order valence-electron chi connectivity index (χ3n) is 4.42. The van der Waals surface area contributed by atoms with E-state index in [0.717, 1.165) is 10.6 Å². The van der Waals surface area contributed by atoms with Crippen LogP contribution in [0.5, 0.6) is 0 Å². The molecule has 31 heavy (non-hydrogen) atoms. The van der Waals surface area contributed by atoms with E-state index in [4.69, 9.17) is 14.4 Å². The Morgan fingerprint density at radius 1 is 1.39 bits per heavy atom. The van der Waals surface area contributed by atoms with Gasteiger partial charge >= 0.3 is 18.2 Å². The van der Waals surface area contributed by atoms with Crippen LogP contribution in [0.15, 0.2) is 4.52 Å². The summed E-state index contributed by atoms with van der Waals surface area (Å²) in [5.41, 5.74) is -0.542. The predicted octanol–water partition coefficient (Wildman–Crippen LogP) is 2.41. The number of nitrogens with zero attached hydrogens (tertiary/aromatic N) is 4. The van der Waals surface area contributed by atoms with E-state index < -0.39 is 24.4 Å². The summed E-state index contributed by atoms with van der Waals surface area (Å²) >= 11 is 1.29. The van der Waals surface area contributed by atoms with Crippen LogP contribution in [0, 0.1) is 0 Å². The molecule has 0 spiro atoms. The third kappa shape index (κ3) is 6.04.